The number of phenolic OH excluding ortho intramolecular Hbond substituents is 1. The molecule has 0 unspecified atom stereocenters. The molecule has 6 heteroatoms. The minimum atomic E-state index is -0.329. The zero-order valence-corrected chi connectivity index (χ0v) is 13.1. The Balaban J connectivity index is 1.88. The SMILES string of the molecule is Cc1c(C(=O)Nc2ccccc2O)cnn1-c1ccc(Cl)cc1. The van der Waals surface area contributed by atoms with Gasteiger partial charge in [0.2, 0.25) is 0 Å². The summed E-state index contributed by atoms with van der Waals surface area (Å²) in [5, 5.41) is 17.3. The number of carbonyl (C=O) groups is 1. The minimum Gasteiger partial charge on any atom is -0.506 e. The average Bonchev–Trinajstić information content (AvgIpc) is 2.92. The van der Waals surface area contributed by atoms with E-state index in [0.29, 0.717) is 22.0 Å². The quantitative estimate of drug-likeness (QED) is 0.719. The molecule has 0 aliphatic rings. The van der Waals surface area contributed by atoms with Crippen molar-refractivity contribution in [3.63, 3.8) is 0 Å². The molecule has 3 aromatic rings. The van der Waals surface area contributed by atoms with Gasteiger partial charge in [-0.3, -0.25) is 4.79 Å². The van der Waals surface area contributed by atoms with E-state index in [1.54, 1.807) is 41.9 Å². The molecule has 0 aliphatic heterocycles. The molecule has 0 radical (unpaired) electrons. The van der Waals surface area contributed by atoms with Gasteiger partial charge in [-0.2, -0.15) is 5.10 Å². The maximum absolute atomic E-state index is 12.4. The number of hydrogen-bond acceptors (Lipinski definition) is 3. The molecule has 0 atom stereocenters. The highest BCUT2D eigenvalue weighted by Gasteiger charge is 2.16. The standard InChI is InChI=1S/C17H14ClN3O2/c1-11-14(17(23)20-15-4-2-3-5-16(15)22)10-19-21(11)13-8-6-12(18)7-9-13/h2-10,22H,1H3,(H,20,23). The van der Waals surface area contributed by atoms with Gasteiger partial charge < -0.3 is 10.4 Å². The molecule has 23 heavy (non-hydrogen) atoms. The first-order valence-corrected chi connectivity index (χ1v) is 7.34. The number of halogens is 1. The molecule has 0 saturated heterocycles. The molecule has 1 aromatic heterocycles. The van der Waals surface area contributed by atoms with Gasteiger partial charge in [0, 0.05) is 5.02 Å². The van der Waals surface area contributed by atoms with E-state index in [0.717, 1.165) is 5.69 Å². The van der Waals surface area contributed by atoms with E-state index >= 15 is 0 Å². The number of anilines is 1. The van der Waals surface area contributed by atoms with Gasteiger partial charge in [-0.25, -0.2) is 4.68 Å². The monoisotopic (exact) mass is 327 g/mol. The van der Waals surface area contributed by atoms with Crippen LogP contribution in [0.25, 0.3) is 5.69 Å². The number of amides is 1. The van der Waals surface area contributed by atoms with Crippen LogP contribution in [0.4, 0.5) is 5.69 Å². The normalized spacial score (nSPS) is 10.5. The van der Waals surface area contributed by atoms with E-state index in [-0.39, 0.29) is 11.7 Å². The second-order valence-corrected chi connectivity index (χ2v) is 5.44. The van der Waals surface area contributed by atoms with Gasteiger partial charge >= 0.3 is 0 Å². The highest BCUT2D eigenvalue weighted by molar-refractivity contribution is 6.30. The van der Waals surface area contributed by atoms with Crippen LogP contribution in [0, 0.1) is 6.92 Å². The summed E-state index contributed by atoms with van der Waals surface area (Å²) in [6.45, 7) is 1.81. The van der Waals surface area contributed by atoms with Crippen molar-refractivity contribution in [1.29, 1.82) is 0 Å². The zero-order valence-electron chi connectivity index (χ0n) is 12.3. The molecule has 3 rings (SSSR count). The Bertz CT molecular complexity index is 857. The fourth-order valence-electron chi connectivity index (χ4n) is 2.24. The largest absolute Gasteiger partial charge is 0.506 e. The second kappa shape index (κ2) is 6.14. The summed E-state index contributed by atoms with van der Waals surface area (Å²) >= 11 is 5.88. The van der Waals surface area contributed by atoms with E-state index in [1.807, 2.05) is 12.1 Å². The summed E-state index contributed by atoms with van der Waals surface area (Å²) in [6, 6.07) is 13.7. The number of hydrogen-bond donors (Lipinski definition) is 2. The highest BCUT2D eigenvalue weighted by atomic mass is 35.5. The fourth-order valence-corrected chi connectivity index (χ4v) is 2.37. The van der Waals surface area contributed by atoms with Crippen molar-refractivity contribution in [3.8, 4) is 11.4 Å². The lowest BCUT2D eigenvalue weighted by Gasteiger charge is -2.08. The van der Waals surface area contributed by atoms with Crippen LogP contribution in [0.2, 0.25) is 5.02 Å². The molecule has 0 aliphatic carbocycles. The van der Waals surface area contributed by atoms with Crippen LogP contribution in [0.3, 0.4) is 0 Å². The van der Waals surface area contributed by atoms with E-state index in [1.165, 1.54) is 12.3 Å². The molecule has 1 heterocycles. The van der Waals surface area contributed by atoms with Crippen LogP contribution < -0.4 is 5.32 Å². The van der Waals surface area contributed by atoms with Gasteiger partial charge in [0.15, 0.2) is 0 Å². The number of aromatic nitrogens is 2. The Labute approximate surface area is 138 Å². The predicted molar refractivity (Wildman–Crippen MR) is 89.4 cm³/mol. The molecule has 2 N–H and O–H groups in total. The first-order valence-electron chi connectivity index (χ1n) is 6.96. The number of aromatic hydroxyl groups is 1. The third-order valence-electron chi connectivity index (χ3n) is 3.48. The van der Waals surface area contributed by atoms with Gasteiger partial charge in [-0.15, -0.1) is 0 Å². The Morgan fingerprint density at radius 3 is 2.57 bits per heavy atom. The minimum absolute atomic E-state index is 0.0172. The third kappa shape index (κ3) is 3.05. The van der Waals surface area contributed by atoms with Crippen molar-refractivity contribution in [2.45, 2.75) is 6.92 Å². The number of carbonyl (C=O) groups excluding carboxylic acids is 1. The number of rotatable bonds is 3. The van der Waals surface area contributed by atoms with E-state index < -0.39 is 0 Å². The van der Waals surface area contributed by atoms with Crippen LogP contribution in [0.5, 0.6) is 5.75 Å². The van der Waals surface area contributed by atoms with Crippen molar-refractivity contribution < 1.29 is 9.90 Å². The summed E-state index contributed by atoms with van der Waals surface area (Å²) in [7, 11) is 0. The van der Waals surface area contributed by atoms with Gasteiger partial charge in [0.25, 0.3) is 5.91 Å². The third-order valence-corrected chi connectivity index (χ3v) is 3.73. The maximum Gasteiger partial charge on any atom is 0.259 e. The fraction of sp³-hybridized carbons (Fsp3) is 0.0588. The molecule has 1 amide bonds. The van der Waals surface area contributed by atoms with Crippen LogP contribution in [-0.2, 0) is 0 Å². The lowest BCUT2D eigenvalue weighted by molar-refractivity contribution is 0.102. The summed E-state index contributed by atoms with van der Waals surface area (Å²) in [5.74, 6) is -0.312. The average molecular weight is 328 g/mol. The molecular formula is C17H14ClN3O2. The van der Waals surface area contributed by atoms with Crippen molar-refractivity contribution in [1.82, 2.24) is 9.78 Å². The van der Waals surface area contributed by atoms with Crippen LogP contribution >= 0.6 is 11.6 Å². The van der Waals surface area contributed by atoms with Crippen molar-refractivity contribution in [3.05, 3.63) is 71.0 Å². The van der Waals surface area contributed by atoms with Crippen LogP contribution in [-0.4, -0.2) is 20.8 Å². The Morgan fingerprint density at radius 1 is 1.17 bits per heavy atom. The lowest BCUT2D eigenvalue weighted by atomic mass is 10.2. The van der Waals surface area contributed by atoms with Gasteiger partial charge in [0.1, 0.15) is 5.75 Å². The van der Waals surface area contributed by atoms with Gasteiger partial charge in [0.05, 0.1) is 28.8 Å². The topological polar surface area (TPSA) is 67.2 Å². The van der Waals surface area contributed by atoms with Gasteiger partial charge in [-0.1, -0.05) is 23.7 Å². The van der Waals surface area contributed by atoms with E-state index in [4.69, 9.17) is 11.6 Å². The zero-order chi connectivity index (χ0) is 16.4. The number of nitrogens with one attached hydrogen (secondary N) is 1. The molecule has 0 bridgehead atoms. The Morgan fingerprint density at radius 2 is 1.87 bits per heavy atom. The highest BCUT2D eigenvalue weighted by Crippen LogP contribution is 2.23. The molecule has 0 saturated carbocycles. The second-order valence-electron chi connectivity index (χ2n) is 5.00. The summed E-state index contributed by atoms with van der Waals surface area (Å²) in [5.41, 5.74) is 2.30. The maximum atomic E-state index is 12.4. The smallest absolute Gasteiger partial charge is 0.259 e. The van der Waals surface area contributed by atoms with Crippen molar-refractivity contribution >= 4 is 23.2 Å². The summed E-state index contributed by atoms with van der Waals surface area (Å²) < 4.78 is 1.66. The number of nitrogens with zero attached hydrogens (tertiary/aromatic N) is 2. The summed E-state index contributed by atoms with van der Waals surface area (Å²) in [4.78, 5) is 12.4. The van der Waals surface area contributed by atoms with Crippen LogP contribution in [0.15, 0.2) is 54.7 Å². The Hall–Kier alpha value is -2.79. The first kappa shape index (κ1) is 15.1. The summed E-state index contributed by atoms with van der Waals surface area (Å²) in [6.07, 6.45) is 1.50. The molecule has 0 spiro atoms. The van der Waals surface area contributed by atoms with Crippen LogP contribution in [0.1, 0.15) is 16.1 Å². The molecular weight excluding hydrogens is 314 g/mol. The first-order chi connectivity index (χ1) is 11.1. The molecule has 5 nitrogen and oxygen atoms in total. The lowest BCUT2D eigenvalue weighted by Crippen LogP contribution is -2.13. The Kier molecular flexibility index (Phi) is 4.04. The molecule has 0 fully saturated rings. The molecule has 116 valence electrons. The van der Waals surface area contributed by atoms with Crippen molar-refractivity contribution in [2.24, 2.45) is 0 Å². The molecule has 2 aromatic carbocycles. The van der Waals surface area contributed by atoms with E-state index in [2.05, 4.69) is 10.4 Å². The number of benzene rings is 2. The van der Waals surface area contributed by atoms with Gasteiger partial charge in [-0.05, 0) is 43.3 Å². The van der Waals surface area contributed by atoms with E-state index in [9.17, 15) is 9.90 Å². The number of phenols is 1. The number of para-hydroxylation sites is 2. The van der Waals surface area contributed by atoms with Crippen molar-refractivity contribution in [2.75, 3.05) is 5.32 Å². The predicted octanol–water partition coefficient (Wildman–Crippen LogP) is 3.79.